The SMILES string of the molecule is COc1ccc([C@@H](C)NC(=O)COc2ccc(S(=O)(=O)NC3CCCC3)cc2)cc1. The number of rotatable bonds is 9. The number of hydrogen-bond acceptors (Lipinski definition) is 5. The van der Waals surface area contributed by atoms with Crippen LogP contribution in [-0.4, -0.2) is 34.1 Å². The van der Waals surface area contributed by atoms with Crippen molar-refractivity contribution in [3.63, 3.8) is 0 Å². The van der Waals surface area contributed by atoms with Gasteiger partial charge in [0.25, 0.3) is 5.91 Å². The third-order valence-corrected chi connectivity index (χ3v) is 6.71. The molecule has 0 aromatic heterocycles. The van der Waals surface area contributed by atoms with Crippen LogP contribution in [0, 0.1) is 0 Å². The van der Waals surface area contributed by atoms with Gasteiger partial charge >= 0.3 is 0 Å². The monoisotopic (exact) mass is 432 g/mol. The summed E-state index contributed by atoms with van der Waals surface area (Å²) >= 11 is 0. The van der Waals surface area contributed by atoms with Crippen molar-refractivity contribution in [1.29, 1.82) is 0 Å². The van der Waals surface area contributed by atoms with Crippen molar-refractivity contribution in [3.8, 4) is 11.5 Å². The molecule has 1 atom stereocenters. The Morgan fingerprint density at radius 2 is 1.63 bits per heavy atom. The van der Waals surface area contributed by atoms with E-state index in [2.05, 4.69) is 10.0 Å². The Labute approximate surface area is 177 Å². The Morgan fingerprint density at radius 1 is 1.03 bits per heavy atom. The second kappa shape index (κ2) is 9.95. The maximum Gasteiger partial charge on any atom is 0.258 e. The lowest BCUT2D eigenvalue weighted by Crippen LogP contribution is -2.32. The fourth-order valence-electron chi connectivity index (χ4n) is 3.45. The number of hydrogen-bond donors (Lipinski definition) is 2. The first-order valence-corrected chi connectivity index (χ1v) is 11.5. The fraction of sp³-hybridized carbons (Fsp3) is 0.409. The minimum absolute atomic E-state index is 0.0160. The van der Waals surface area contributed by atoms with Crippen LogP contribution in [0.1, 0.15) is 44.2 Å². The van der Waals surface area contributed by atoms with Crippen LogP contribution in [-0.2, 0) is 14.8 Å². The summed E-state index contributed by atoms with van der Waals surface area (Å²) in [6.07, 6.45) is 3.87. The van der Waals surface area contributed by atoms with E-state index >= 15 is 0 Å². The number of amides is 1. The van der Waals surface area contributed by atoms with Gasteiger partial charge in [0.15, 0.2) is 6.61 Å². The van der Waals surface area contributed by atoms with Gasteiger partial charge in [-0.05, 0) is 61.7 Å². The Hall–Kier alpha value is -2.58. The molecule has 1 aliphatic carbocycles. The molecule has 1 fully saturated rings. The number of methoxy groups -OCH3 is 1. The molecule has 0 radical (unpaired) electrons. The Kier molecular flexibility index (Phi) is 7.33. The zero-order valence-electron chi connectivity index (χ0n) is 17.3. The third-order valence-electron chi connectivity index (χ3n) is 5.17. The topological polar surface area (TPSA) is 93.7 Å². The molecule has 1 saturated carbocycles. The zero-order chi connectivity index (χ0) is 21.6. The van der Waals surface area contributed by atoms with E-state index in [-0.39, 0.29) is 29.5 Å². The van der Waals surface area contributed by atoms with Gasteiger partial charge in [0.05, 0.1) is 18.0 Å². The van der Waals surface area contributed by atoms with Gasteiger partial charge in [-0.2, -0.15) is 0 Å². The molecule has 0 aliphatic heterocycles. The third kappa shape index (κ3) is 5.96. The number of carbonyl (C=O) groups excluding carboxylic acids is 1. The molecular weight excluding hydrogens is 404 g/mol. The largest absolute Gasteiger partial charge is 0.497 e. The summed E-state index contributed by atoms with van der Waals surface area (Å²) in [5.41, 5.74) is 0.952. The summed E-state index contributed by atoms with van der Waals surface area (Å²) in [6, 6.07) is 13.4. The van der Waals surface area contributed by atoms with Crippen molar-refractivity contribution in [3.05, 3.63) is 54.1 Å². The lowest BCUT2D eigenvalue weighted by Gasteiger charge is -2.15. The summed E-state index contributed by atoms with van der Waals surface area (Å²) < 4.78 is 38.2. The van der Waals surface area contributed by atoms with Crippen LogP contribution < -0.4 is 19.5 Å². The molecular formula is C22H28N2O5S. The van der Waals surface area contributed by atoms with E-state index in [4.69, 9.17) is 9.47 Å². The molecule has 0 heterocycles. The molecule has 0 spiro atoms. The van der Waals surface area contributed by atoms with E-state index in [1.54, 1.807) is 19.2 Å². The molecule has 162 valence electrons. The summed E-state index contributed by atoms with van der Waals surface area (Å²) in [5, 5.41) is 2.87. The molecule has 0 unspecified atom stereocenters. The highest BCUT2D eigenvalue weighted by molar-refractivity contribution is 7.89. The second-order valence-corrected chi connectivity index (χ2v) is 9.14. The van der Waals surface area contributed by atoms with Gasteiger partial charge in [0, 0.05) is 6.04 Å². The number of sulfonamides is 1. The van der Waals surface area contributed by atoms with E-state index in [1.807, 2.05) is 31.2 Å². The van der Waals surface area contributed by atoms with Crippen molar-refractivity contribution in [1.82, 2.24) is 10.0 Å². The molecule has 2 N–H and O–H groups in total. The first-order valence-electron chi connectivity index (χ1n) is 10.1. The van der Waals surface area contributed by atoms with E-state index in [1.165, 1.54) is 12.1 Å². The molecule has 7 nitrogen and oxygen atoms in total. The first-order chi connectivity index (χ1) is 14.4. The molecule has 0 saturated heterocycles. The first kappa shape index (κ1) is 22.1. The molecule has 1 amide bonds. The van der Waals surface area contributed by atoms with Crippen molar-refractivity contribution in [2.24, 2.45) is 0 Å². The minimum atomic E-state index is -3.54. The number of carbonyl (C=O) groups is 1. The van der Waals surface area contributed by atoms with Gasteiger partial charge in [-0.25, -0.2) is 13.1 Å². The van der Waals surface area contributed by atoms with Crippen molar-refractivity contribution < 1.29 is 22.7 Å². The molecule has 8 heteroatoms. The van der Waals surface area contributed by atoms with E-state index in [0.717, 1.165) is 37.0 Å². The molecule has 2 aromatic rings. The van der Waals surface area contributed by atoms with Crippen LogP contribution in [0.25, 0.3) is 0 Å². The predicted molar refractivity (Wildman–Crippen MR) is 114 cm³/mol. The molecule has 2 aromatic carbocycles. The lowest BCUT2D eigenvalue weighted by atomic mass is 10.1. The molecule has 30 heavy (non-hydrogen) atoms. The smallest absolute Gasteiger partial charge is 0.258 e. The standard InChI is InChI=1S/C22H28N2O5S/c1-16(17-7-9-19(28-2)10-8-17)23-22(25)15-29-20-11-13-21(14-12-20)30(26,27)24-18-5-3-4-6-18/h7-14,16,18,24H,3-6,15H2,1-2H3,(H,23,25)/t16-/m1/s1. The maximum atomic E-state index is 12.4. The van der Waals surface area contributed by atoms with Crippen molar-refractivity contribution >= 4 is 15.9 Å². The van der Waals surface area contributed by atoms with Gasteiger partial charge in [0.1, 0.15) is 11.5 Å². The number of benzene rings is 2. The van der Waals surface area contributed by atoms with Crippen LogP contribution in [0.3, 0.4) is 0 Å². The molecule has 1 aliphatic rings. The van der Waals surface area contributed by atoms with Crippen LogP contribution in [0.5, 0.6) is 11.5 Å². The van der Waals surface area contributed by atoms with Gasteiger partial charge in [-0.15, -0.1) is 0 Å². The fourth-order valence-corrected chi connectivity index (χ4v) is 4.76. The Bertz CT molecular complexity index is 936. The molecule has 0 bridgehead atoms. The van der Waals surface area contributed by atoms with E-state index in [0.29, 0.717) is 5.75 Å². The summed E-state index contributed by atoms with van der Waals surface area (Å²) in [5.74, 6) is 0.921. The van der Waals surface area contributed by atoms with Crippen molar-refractivity contribution in [2.75, 3.05) is 13.7 Å². The summed E-state index contributed by atoms with van der Waals surface area (Å²) in [6.45, 7) is 1.73. The Balaban J connectivity index is 1.49. The summed E-state index contributed by atoms with van der Waals surface area (Å²) in [7, 11) is -1.93. The maximum absolute atomic E-state index is 12.4. The molecule has 3 rings (SSSR count). The zero-order valence-corrected chi connectivity index (χ0v) is 18.1. The Morgan fingerprint density at radius 3 is 2.23 bits per heavy atom. The predicted octanol–water partition coefficient (Wildman–Crippen LogP) is 3.17. The van der Waals surface area contributed by atoms with Gasteiger partial charge in [-0.3, -0.25) is 4.79 Å². The van der Waals surface area contributed by atoms with Crippen LogP contribution >= 0.6 is 0 Å². The average Bonchev–Trinajstić information content (AvgIpc) is 3.25. The van der Waals surface area contributed by atoms with E-state index < -0.39 is 10.0 Å². The lowest BCUT2D eigenvalue weighted by molar-refractivity contribution is -0.123. The summed E-state index contributed by atoms with van der Waals surface area (Å²) in [4.78, 5) is 12.4. The van der Waals surface area contributed by atoms with Crippen LogP contribution in [0.2, 0.25) is 0 Å². The highest BCUT2D eigenvalue weighted by Gasteiger charge is 2.22. The average molecular weight is 433 g/mol. The van der Waals surface area contributed by atoms with Crippen LogP contribution in [0.4, 0.5) is 0 Å². The van der Waals surface area contributed by atoms with Gasteiger partial charge in [0.2, 0.25) is 10.0 Å². The number of nitrogens with one attached hydrogen (secondary N) is 2. The van der Waals surface area contributed by atoms with Crippen molar-refractivity contribution in [2.45, 2.75) is 49.6 Å². The van der Waals surface area contributed by atoms with E-state index in [9.17, 15) is 13.2 Å². The van der Waals surface area contributed by atoms with Gasteiger partial charge in [-0.1, -0.05) is 25.0 Å². The second-order valence-electron chi connectivity index (χ2n) is 7.43. The quantitative estimate of drug-likeness (QED) is 0.635. The minimum Gasteiger partial charge on any atom is -0.497 e. The normalized spacial score (nSPS) is 15.5. The highest BCUT2D eigenvalue weighted by atomic mass is 32.2. The van der Waals surface area contributed by atoms with Crippen LogP contribution in [0.15, 0.2) is 53.4 Å². The van der Waals surface area contributed by atoms with Gasteiger partial charge < -0.3 is 14.8 Å². The highest BCUT2D eigenvalue weighted by Crippen LogP contribution is 2.22. The number of ether oxygens (including phenoxy) is 2.